The van der Waals surface area contributed by atoms with Gasteiger partial charge in [0.25, 0.3) is 5.95 Å². The predicted molar refractivity (Wildman–Crippen MR) is 115 cm³/mol. The summed E-state index contributed by atoms with van der Waals surface area (Å²) >= 11 is 8.15. The van der Waals surface area contributed by atoms with Gasteiger partial charge in [-0.25, -0.2) is 9.87 Å². The second-order valence-corrected chi connectivity index (χ2v) is 7.87. The van der Waals surface area contributed by atoms with Crippen molar-refractivity contribution in [2.75, 3.05) is 18.5 Å². The van der Waals surface area contributed by atoms with Crippen molar-refractivity contribution in [3.05, 3.63) is 63.3 Å². The van der Waals surface area contributed by atoms with Gasteiger partial charge in [0.15, 0.2) is 11.7 Å². The zero-order chi connectivity index (χ0) is 21.3. The van der Waals surface area contributed by atoms with Gasteiger partial charge in [0.1, 0.15) is 29.7 Å². The summed E-state index contributed by atoms with van der Waals surface area (Å²) in [5, 5.41) is 3.51. The summed E-state index contributed by atoms with van der Waals surface area (Å²) in [6.07, 6.45) is 2.45. The highest BCUT2D eigenvalue weighted by Gasteiger charge is 2.25. The van der Waals surface area contributed by atoms with Crippen LogP contribution in [0.15, 0.2) is 47.5 Å². The van der Waals surface area contributed by atoms with Gasteiger partial charge < -0.3 is 19.2 Å². The molecule has 0 unspecified atom stereocenters. The van der Waals surface area contributed by atoms with E-state index in [1.165, 1.54) is 18.5 Å². The fourth-order valence-corrected chi connectivity index (χ4v) is 3.41. The number of halogens is 3. The molecule has 1 fully saturated rings. The highest BCUT2D eigenvalue weighted by molar-refractivity contribution is 14.1. The molecule has 1 saturated heterocycles. The number of hydrogen-bond acceptors (Lipinski definition) is 7. The maximum absolute atomic E-state index is 14.4. The van der Waals surface area contributed by atoms with Crippen LogP contribution in [-0.2, 0) is 14.3 Å². The van der Waals surface area contributed by atoms with E-state index < -0.39 is 17.8 Å². The zero-order valence-electron chi connectivity index (χ0n) is 15.2. The van der Waals surface area contributed by atoms with Gasteiger partial charge in [0.2, 0.25) is 5.76 Å². The lowest BCUT2D eigenvalue weighted by molar-refractivity contribution is -0.00931. The van der Waals surface area contributed by atoms with E-state index in [1.54, 1.807) is 12.1 Å². The quantitative estimate of drug-likeness (QED) is 0.348. The lowest BCUT2D eigenvalue weighted by Crippen LogP contribution is -2.29. The number of hydrogen-bond donors (Lipinski definition) is 2. The second-order valence-electron chi connectivity index (χ2n) is 6.22. The molecule has 1 aromatic carbocycles. The van der Waals surface area contributed by atoms with Crippen LogP contribution in [0.2, 0.25) is 5.02 Å². The molecule has 2 N–H and O–H groups in total. The summed E-state index contributed by atoms with van der Waals surface area (Å²) in [6, 6.07) is 4.63. The topological polar surface area (TPSA) is 94.9 Å². The molecule has 8 nitrogen and oxygen atoms in total. The van der Waals surface area contributed by atoms with Crippen molar-refractivity contribution in [1.29, 1.82) is 0 Å². The Morgan fingerprint density at radius 2 is 2.27 bits per heavy atom. The number of benzene rings is 1. The third-order valence-corrected chi connectivity index (χ3v) is 5.05. The standard InChI is InChI=1S/C19H14ClFIN3O5/c1-9-27-7-11(29-9)8-28-25-19(26)18-16(12-5-23-6-13(20)17(12)30-18)24-15-3-2-10(22)4-14(15)21/h2-6,11,24H,1,7-8H2,(H,25,26)/t11-/m1/s1. The molecule has 0 spiro atoms. The van der Waals surface area contributed by atoms with E-state index in [2.05, 4.69) is 22.4 Å². The maximum atomic E-state index is 14.4. The normalized spacial score (nSPS) is 15.7. The molecule has 1 atom stereocenters. The summed E-state index contributed by atoms with van der Waals surface area (Å²) < 4.78 is 31.0. The van der Waals surface area contributed by atoms with Crippen LogP contribution in [0.5, 0.6) is 0 Å². The SMILES string of the molecule is C=C1OC[C@H](CONC(=O)c2oc3c(Cl)cncc3c2Nc2ccc(I)cc2F)O1. The van der Waals surface area contributed by atoms with Crippen LogP contribution in [0.1, 0.15) is 10.6 Å². The third kappa shape index (κ3) is 4.30. The number of pyridine rings is 1. The Kier molecular flexibility index (Phi) is 5.97. The number of anilines is 2. The third-order valence-electron chi connectivity index (χ3n) is 4.11. The van der Waals surface area contributed by atoms with Crippen LogP contribution in [0.25, 0.3) is 11.0 Å². The Labute approximate surface area is 188 Å². The van der Waals surface area contributed by atoms with Crippen LogP contribution in [0, 0.1) is 9.39 Å². The number of aromatic nitrogens is 1. The molecule has 0 radical (unpaired) electrons. The number of fused-ring (bicyclic) bond motifs is 1. The number of nitrogens with zero attached hydrogens (tertiary/aromatic N) is 1. The molecule has 2 aromatic heterocycles. The van der Waals surface area contributed by atoms with E-state index in [1.807, 2.05) is 22.6 Å². The number of nitrogens with one attached hydrogen (secondary N) is 2. The van der Waals surface area contributed by atoms with Gasteiger partial charge in [-0.15, -0.1) is 0 Å². The largest absolute Gasteiger partial charge is 0.462 e. The van der Waals surface area contributed by atoms with Crippen LogP contribution in [-0.4, -0.2) is 30.2 Å². The van der Waals surface area contributed by atoms with Crippen LogP contribution >= 0.6 is 34.2 Å². The lowest BCUT2D eigenvalue weighted by Gasteiger charge is -2.10. The highest BCUT2D eigenvalue weighted by atomic mass is 127. The van der Waals surface area contributed by atoms with E-state index >= 15 is 0 Å². The van der Waals surface area contributed by atoms with Gasteiger partial charge in [-0.1, -0.05) is 11.6 Å². The Balaban J connectivity index is 1.59. The molecule has 156 valence electrons. The fourth-order valence-electron chi connectivity index (χ4n) is 2.76. The number of amides is 1. The van der Waals surface area contributed by atoms with Gasteiger partial charge in [0.05, 0.1) is 11.1 Å². The predicted octanol–water partition coefficient (Wildman–Crippen LogP) is 4.52. The Bertz CT molecular complexity index is 1140. The molecule has 1 aliphatic rings. The number of ether oxygens (including phenoxy) is 2. The van der Waals surface area contributed by atoms with Gasteiger partial charge in [0, 0.05) is 16.0 Å². The molecule has 0 saturated carbocycles. The minimum atomic E-state index is -0.701. The number of carbonyl (C=O) groups excluding carboxylic acids is 1. The average Bonchev–Trinajstić information content (AvgIpc) is 3.28. The summed E-state index contributed by atoms with van der Waals surface area (Å²) in [6.45, 7) is 3.82. The first kappa shape index (κ1) is 20.7. The Morgan fingerprint density at radius 1 is 1.43 bits per heavy atom. The average molecular weight is 546 g/mol. The number of hydroxylamine groups is 1. The van der Waals surface area contributed by atoms with Crippen LogP contribution in [0.3, 0.4) is 0 Å². The van der Waals surface area contributed by atoms with E-state index in [4.69, 9.17) is 30.3 Å². The minimum absolute atomic E-state index is 0.0296. The van der Waals surface area contributed by atoms with E-state index in [0.717, 1.165) is 3.57 Å². The Hall–Kier alpha value is -2.57. The molecule has 1 amide bonds. The van der Waals surface area contributed by atoms with Crippen molar-refractivity contribution >= 4 is 62.4 Å². The number of carbonyl (C=O) groups is 1. The molecule has 0 bridgehead atoms. The first-order chi connectivity index (χ1) is 14.4. The van der Waals surface area contributed by atoms with Crippen molar-refractivity contribution in [1.82, 2.24) is 10.5 Å². The second kappa shape index (κ2) is 8.66. The molecule has 30 heavy (non-hydrogen) atoms. The monoisotopic (exact) mass is 545 g/mol. The molecule has 3 aromatic rings. The van der Waals surface area contributed by atoms with Gasteiger partial charge in [-0.05, 0) is 47.4 Å². The van der Waals surface area contributed by atoms with Crippen molar-refractivity contribution < 1.29 is 27.9 Å². The van der Waals surface area contributed by atoms with Crippen molar-refractivity contribution in [2.24, 2.45) is 0 Å². The molecular weight excluding hydrogens is 532 g/mol. The van der Waals surface area contributed by atoms with Crippen molar-refractivity contribution in [3.63, 3.8) is 0 Å². The summed E-state index contributed by atoms with van der Waals surface area (Å²) in [7, 11) is 0. The first-order valence-corrected chi connectivity index (χ1v) is 10.1. The maximum Gasteiger partial charge on any atom is 0.312 e. The Morgan fingerprint density at radius 3 is 3.00 bits per heavy atom. The number of furan rings is 1. The van der Waals surface area contributed by atoms with Crippen LogP contribution < -0.4 is 10.8 Å². The van der Waals surface area contributed by atoms with Crippen molar-refractivity contribution in [2.45, 2.75) is 6.10 Å². The molecule has 0 aliphatic carbocycles. The molecule has 4 rings (SSSR count). The fraction of sp³-hybridized carbons (Fsp3) is 0.158. The van der Waals surface area contributed by atoms with Crippen molar-refractivity contribution in [3.8, 4) is 0 Å². The van der Waals surface area contributed by atoms with E-state index in [9.17, 15) is 9.18 Å². The molecular formula is C19H14ClFIN3O5. The summed E-state index contributed by atoms with van der Waals surface area (Å²) in [5.41, 5.74) is 2.86. The molecule has 1 aliphatic heterocycles. The van der Waals surface area contributed by atoms with Gasteiger partial charge >= 0.3 is 5.91 Å². The van der Waals surface area contributed by atoms with Gasteiger partial charge in [-0.3, -0.25) is 14.6 Å². The summed E-state index contributed by atoms with van der Waals surface area (Å²) in [5.74, 6) is -1.15. The first-order valence-electron chi connectivity index (χ1n) is 8.61. The van der Waals surface area contributed by atoms with E-state index in [-0.39, 0.29) is 46.9 Å². The van der Waals surface area contributed by atoms with Crippen LogP contribution in [0.4, 0.5) is 15.8 Å². The number of rotatable bonds is 6. The summed E-state index contributed by atoms with van der Waals surface area (Å²) in [4.78, 5) is 21.9. The minimum Gasteiger partial charge on any atom is -0.462 e. The highest BCUT2D eigenvalue weighted by Crippen LogP contribution is 2.36. The lowest BCUT2D eigenvalue weighted by atomic mass is 10.2. The smallest absolute Gasteiger partial charge is 0.312 e. The molecule has 3 heterocycles. The van der Waals surface area contributed by atoms with Gasteiger partial charge in [-0.2, -0.15) is 0 Å². The zero-order valence-corrected chi connectivity index (χ0v) is 18.1. The van der Waals surface area contributed by atoms with E-state index in [0.29, 0.717) is 5.39 Å². The molecule has 11 heteroatoms.